The van der Waals surface area contributed by atoms with Crippen molar-refractivity contribution in [1.82, 2.24) is 25.4 Å². The number of fused-ring (bicyclic) bond motifs is 1. The van der Waals surface area contributed by atoms with Gasteiger partial charge in [-0.1, -0.05) is 19.3 Å². The second-order valence-corrected chi connectivity index (χ2v) is 6.89. The summed E-state index contributed by atoms with van der Waals surface area (Å²) < 4.78 is 8.17. The fourth-order valence-corrected chi connectivity index (χ4v) is 3.58. The van der Waals surface area contributed by atoms with Gasteiger partial charge in [-0.3, -0.25) is 0 Å². The summed E-state index contributed by atoms with van der Waals surface area (Å²) in [6, 6.07) is 0. The lowest BCUT2D eigenvalue weighted by Gasteiger charge is -2.22. The first-order valence-electron chi connectivity index (χ1n) is 9.91. The zero-order chi connectivity index (χ0) is 17.3. The molecule has 1 saturated carbocycles. The molecule has 1 fully saturated rings. The van der Waals surface area contributed by atoms with Crippen LogP contribution in [-0.4, -0.2) is 46.5 Å². The number of aliphatic imine (C=N–C) groups is 1. The molecule has 25 heavy (non-hydrogen) atoms. The van der Waals surface area contributed by atoms with E-state index < -0.39 is 0 Å². The zero-order valence-corrected chi connectivity index (χ0v) is 15.5. The molecule has 0 aromatic carbocycles. The van der Waals surface area contributed by atoms with E-state index in [9.17, 15) is 0 Å². The molecule has 0 saturated heterocycles. The Hall–Kier alpha value is -1.63. The minimum atomic E-state index is 0.491. The maximum absolute atomic E-state index is 5.97. The Morgan fingerprint density at radius 2 is 2.08 bits per heavy atom. The highest BCUT2D eigenvalue weighted by atomic mass is 16.5. The lowest BCUT2D eigenvalue weighted by atomic mass is 9.98. The van der Waals surface area contributed by atoms with Crippen LogP contribution in [0.15, 0.2) is 4.99 Å². The lowest BCUT2D eigenvalue weighted by Crippen LogP contribution is -2.38. The molecule has 7 nitrogen and oxygen atoms in total. The first-order valence-corrected chi connectivity index (χ1v) is 9.91. The number of nitrogens with zero attached hydrogens (tertiary/aromatic N) is 4. The van der Waals surface area contributed by atoms with E-state index in [1.165, 1.54) is 38.5 Å². The van der Waals surface area contributed by atoms with Gasteiger partial charge in [0.15, 0.2) is 11.8 Å². The quantitative estimate of drug-likeness (QED) is 0.427. The van der Waals surface area contributed by atoms with Crippen molar-refractivity contribution in [1.29, 1.82) is 0 Å². The van der Waals surface area contributed by atoms with Gasteiger partial charge in [0.1, 0.15) is 12.4 Å². The summed E-state index contributed by atoms with van der Waals surface area (Å²) in [4.78, 5) is 4.65. The highest BCUT2D eigenvalue weighted by Crippen LogP contribution is 2.20. The Bertz CT molecular complexity index is 550. The molecule has 2 aliphatic rings. The Balaban J connectivity index is 1.38. The van der Waals surface area contributed by atoms with Crippen molar-refractivity contribution in [3.05, 3.63) is 11.6 Å². The minimum absolute atomic E-state index is 0.491. The second-order valence-electron chi connectivity index (χ2n) is 6.89. The molecular formula is C18H32N6O. The van der Waals surface area contributed by atoms with Gasteiger partial charge in [0.25, 0.3) is 0 Å². The number of nitrogens with one attached hydrogen (secondary N) is 2. The Labute approximate surface area is 150 Å². The largest absolute Gasteiger partial charge is 0.378 e. The normalized spacial score (nSPS) is 18.4. The topological polar surface area (TPSA) is 76.4 Å². The van der Waals surface area contributed by atoms with Crippen LogP contribution in [0, 0.1) is 0 Å². The predicted molar refractivity (Wildman–Crippen MR) is 98.6 cm³/mol. The number of rotatable bonds is 8. The van der Waals surface area contributed by atoms with Crippen LogP contribution < -0.4 is 10.6 Å². The third kappa shape index (κ3) is 5.42. The van der Waals surface area contributed by atoms with Gasteiger partial charge < -0.3 is 19.9 Å². The summed E-state index contributed by atoms with van der Waals surface area (Å²) in [6.07, 6.45) is 10.2. The molecule has 3 rings (SSSR count). The van der Waals surface area contributed by atoms with Gasteiger partial charge >= 0.3 is 0 Å². The highest BCUT2D eigenvalue weighted by Gasteiger charge is 2.17. The summed E-state index contributed by atoms with van der Waals surface area (Å²) in [7, 11) is 0. The van der Waals surface area contributed by atoms with E-state index in [2.05, 4.69) is 37.3 Å². The molecule has 140 valence electrons. The number of aromatic nitrogens is 3. The van der Waals surface area contributed by atoms with E-state index in [1.54, 1.807) is 0 Å². The van der Waals surface area contributed by atoms with Crippen LogP contribution in [0.5, 0.6) is 0 Å². The number of aryl methyl sites for hydroxylation is 1. The first-order chi connectivity index (χ1) is 12.4. The molecule has 0 amide bonds. The third-order valence-corrected chi connectivity index (χ3v) is 4.93. The van der Waals surface area contributed by atoms with Crippen LogP contribution in [0.2, 0.25) is 0 Å². The molecule has 0 radical (unpaired) electrons. The van der Waals surface area contributed by atoms with Gasteiger partial charge in [0, 0.05) is 32.7 Å². The van der Waals surface area contributed by atoms with E-state index >= 15 is 0 Å². The molecule has 0 spiro atoms. The molecule has 0 bridgehead atoms. The monoisotopic (exact) mass is 348 g/mol. The van der Waals surface area contributed by atoms with Gasteiger partial charge in [-0.15, -0.1) is 10.2 Å². The standard InChI is InChI=1S/C18H32N6O/c1-2-19-18(20-11-7-13-25-15-8-4-3-5-9-15)21-14-17-23-22-16-10-6-12-24(16)17/h15H,2-14H2,1H3,(H2,19,20,21). The third-order valence-electron chi connectivity index (χ3n) is 4.93. The van der Waals surface area contributed by atoms with Crippen LogP contribution >= 0.6 is 0 Å². The first kappa shape index (κ1) is 18.2. The lowest BCUT2D eigenvalue weighted by molar-refractivity contribution is 0.0277. The average Bonchev–Trinajstić information content (AvgIpc) is 3.24. The fourth-order valence-electron chi connectivity index (χ4n) is 3.58. The predicted octanol–water partition coefficient (Wildman–Crippen LogP) is 2.02. The molecule has 2 N–H and O–H groups in total. The van der Waals surface area contributed by atoms with Crippen molar-refractivity contribution in [2.24, 2.45) is 4.99 Å². The van der Waals surface area contributed by atoms with Crippen molar-refractivity contribution < 1.29 is 4.74 Å². The van der Waals surface area contributed by atoms with Gasteiger partial charge in [-0.05, 0) is 32.6 Å². The van der Waals surface area contributed by atoms with Crippen LogP contribution in [0.3, 0.4) is 0 Å². The van der Waals surface area contributed by atoms with Crippen molar-refractivity contribution in [2.45, 2.75) is 77.5 Å². The zero-order valence-electron chi connectivity index (χ0n) is 15.5. The summed E-state index contributed by atoms with van der Waals surface area (Å²) in [6.45, 7) is 6.22. The van der Waals surface area contributed by atoms with Crippen molar-refractivity contribution in [3.63, 3.8) is 0 Å². The average molecular weight is 348 g/mol. The molecule has 1 aromatic heterocycles. The smallest absolute Gasteiger partial charge is 0.191 e. The molecule has 1 aliphatic carbocycles. The van der Waals surface area contributed by atoms with Crippen molar-refractivity contribution >= 4 is 5.96 Å². The Morgan fingerprint density at radius 3 is 2.92 bits per heavy atom. The maximum atomic E-state index is 5.97. The van der Waals surface area contributed by atoms with Crippen LogP contribution in [0.4, 0.5) is 0 Å². The Kier molecular flexibility index (Phi) is 7.09. The van der Waals surface area contributed by atoms with Gasteiger partial charge in [-0.25, -0.2) is 4.99 Å². The molecule has 2 heterocycles. The van der Waals surface area contributed by atoms with Crippen LogP contribution in [0.1, 0.15) is 63.5 Å². The van der Waals surface area contributed by atoms with E-state index in [0.717, 1.165) is 56.7 Å². The molecule has 0 unspecified atom stereocenters. The minimum Gasteiger partial charge on any atom is -0.378 e. The molecule has 7 heteroatoms. The van der Waals surface area contributed by atoms with Gasteiger partial charge in [0.2, 0.25) is 0 Å². The maximum Gasteiger partial charge on any atom is 0.191 e. The number of hydrogen-bond donors (Lipinski definition) is 2. The summed E-state index contributed by atoms with van der Waals surface area (Å²) in [5, 5.41) is 15.2. The molecule has 1 aliphatic heterocycles. The van der Waals surface area contributed by atoms with Crippen LogP contribution in [0.25, 0.3) is 0 Å². The van der Waals surface area contributed by atoms with Gasteiger partial charge in [-0.2, -0.15) is 0 Å². The van der Waals surface area contributed by atoms with Crippen molar-refractivity contribution in [3.8, 4) is 0 Å². The number of hydrogen-bond acceptors (Lipinski definition) is 4. The molecule has 0 atom stereocenters. The fraction of sp³-hybridized carbons (Fsp3) is 0.833. The van der Waals surface area contributed by atoms with E-state index in [1.807, 2.05) is 0 Å². The highest BCUT2D eigenvalue weighted by molar-refractivity contribution is 5.79. The SMILES string of the molecule is CCNC(=NCc1nnc2n1CCC2)NCCCOC1CCCCC1. The summed E-state index contributed by atoms with van der Waals surface area (Å²) in [5.41, 5.74) is 0. The van der Waals surface area contributed by atoms with E-state index in [0.29, 0.717) is 12.6 Å². The Morgan fingerprint density at radius 1 is 1.20 bits per heavy atom. The van der Waals surface area contributed by atoms with E-state index in [4.69, 9.17) is 4.74 Å². The summed E-state index contributed by atoms with van der Waals surface area (Å²) in [5.74, 6) is 2.91. The molecule has 1 aromatic rings. The molecular weight excluding hydrogens is 316 g/mol. The summed E-state index contributed by atoms with van der Waals surface area (Å²) >= 11 is 0. The second kappa shape index (κ2) is 9.75. The van der Waals surface area contributed by atoms with Crippen LogP contribution in [-0.2, 0) is 24.2 Å². The number of guanidine groups is 1. The number of ether oxygens (including phenoxy) is 1. The van der Waals surface area contributed by atoms with Gasteiger partial charge in [0.05, 0.1) is 6.10 Å². The van der Waals surface area contributed by atoms with Crippen molar-refractivity contribution in [2.75, 3.05) is 19.7 Å². The van der Waals surface area contributed by atoms with E-state index in [-0.39, 0.29) is 0 Å².